The maximum Gasteiger partial charge on any atom is 0.227 e. The number of halogens is 1. The van der Waals surface area contributed by atoms with Gasteiger partial charge in [-0.3, -0.25) is 4.79 Å². The van der Waals surface area contributed by atoms with Crippen molar-refractivity contribution in [2.45, 2.75) is 106 Å². The molecule has 1 aliphatic heterocycles. The molecule has 0 aliphatic carbocycles. The molecular weight excluding hydrogens is 531 g/mol. The number of unbranched alkanes of at least 4 members (excludes halogenated alkanes) is 1. The Morgan fingerprint density at radius 3 is 2.48 bits per heavy atom. The molecule has 1 saturated heterocycles. The van der Waals surface area contributed by atoms with E-state index >= 15 is 4.39 Å². The Hall–Kier alpha value is -3.25. The summed E-state index contributed by atoms with van der Waals surface area (Å²) in [5.74, 6) is 0.360. The molecule has 0 saturated carbocycles. The minimum Gasteiger partial charge on any atom is -0.390 e. The van der Waals surface area contributed by atoms with Gasteiger partial charge in [-0.25, -0.2) is 9.37 Å². The van der Waals surface area contributed by atoms with Gasteiger partial charge in [0.25, 0.3) is 0 Å². The zero-order chi connectivity index (χ0) is 31.7. The second-order valence-corrected chi connectivity index (χ2v) is 12.3. The van der Waals surface area contributed by atoms with Crippen molar-refractivity contribution < 1.29 is 14.3 Å². The highest BCUT2D eigenvalue weighted by Crippen LogP contribution is 2.39. The summed E-state index contributed by atoms with van der Waals surface area (Å²) in [6.07, 6.45) is 6.23. The molecule has 1 aromatic heterocycles. The van der Waals surface area contributed by atoms with Crippen LogP contribution in [-0.4, -0.2) is 51.9 Å². The van der Waals surface area contributed by atoms with Crippen LogP contribution in [-0.2, 0) is 4.79 Å². The third-order valence-corrected chi connectivity index (χ3v) is 8.10. The van der Waals surface area contributed by atoms with E-state index in [2.05, 4.69) is 42.1 Å². The zero-order valence-electron chi connectivity index (χ0n) is 27.1. The molecule has 1 aliphatic rings. The van der Waals surface area contributed by atoms with Crippen LogP contribution in [0.2, 0.25) is 0 Å². The van der Waals surface area contributed by atoms with E-state index in [0.717, 1.165) is 18.4 Å². The SMILES string of the molecule is CCCC.CCCC1CN(c2ncc(C#N)c(Nc3ccc(C)c(N(CCC(C)(C)O)C(C)=O)c3)n2)CC(C)C1(C)F. The van der Waals surface area contributed by atoms with Crippen LogP contribution < -0.4 is 15.1 Å². The fourth-order valence-electron chi connectivity index (χ4n) is 4.97. The van der Waals surface area contributed by atoms with Gasteiger partial charge in [0.05, 0.1) is 11.8 Å². The van der Waals surface area contributed by atoms with Crippen molar-refractivity contribution in [1.82, 2.24) is 9.97 Å². The maximum atomic E-state index is 15.4. The molecule has 42 heavy (non-hydrogen) atoms. The molecule has 8 nitrogen and oxygen atoms in total. The van der Waals surface area contributed by atoms with Crippen LogP contribution in [0.4, 0.5) is 27.5 Å². The summed E-state index contributed by atoms with van der Waals surface area (Å²) in [5.41, 5.74) is 0.406. The van der Waals surface area contributed by atoms with Gasteiger partial charge in [-0.05, 0) is 58.2 Å². The van der Waals surface area contributed by atoms with E-state index < -0.39 is 11.3 Å². The first kappa shape index (κ1) is 34.9. The van der Waals surface area contributed by atoms with Crippen LogP contribution in [0.25, 0.3) is 0 Å². The average Bonchev–Trinajstić information content (AvgIpc) is 2.92. The maximum absolute atomic E-state index is 15.4. The van der Waals surface area contributed by atoms with Crippen LogP contribution in [0.15, 0.2) is 24.4 Å². The number of anilines is 4. The lowest BCUT2D eigenvalue weighted by Gasteiger charge is -2.45. The van der Waals surface area contributed by atoms with E-state index in [-0.39, 0.29) is 23.3 Å². The average molecular weight is 583 g/mol. The second-order valence-electron chi connectivity index (χ2n) is 12.3. The summed E-state index contributed by atoms with van der Waals surface area (Å²) in [6.45, 7) is 18.3. The molecule has 232 valence electrons. The first-order valence-corrected chi connectivity index (χ1v) is 15.3. The Balaban J connectivity index is 0.00000144. The van der Waals surface area contributed by atoms with Crippen molar-refractivity contribution in [3.8, 4) is 6.07 Å². The quantitative estimate of drug-likeness (QED) is 0.302. The zero-order valence-corrected chi connectivity index (χ0v) is 27.1. The number of nitrogens with one attached hydrogen (secondary N) is 1. The van der Waals surface area contributed by atoms with Gasteiger partial charge in [0.15, 0.2) is 5.82 Å². The van der Waals surface area contributed by atoms with Crippen molar-refractivity contribution in [3.05, 3.63) is 35.5 Å². The normalized spacial score (nSPS) is 20.3. The standard InChI is InChI=1S/C29H41FN6O2.C4H10/c1-8-9-23-18-35(17-20(3)29(23,7)30)27-32-16-22(15-31)26(34-27)33-24-11-10-19(2)25(14-24)36(21(4)37)13-12-28(5,6)38;1-3-4-2/h10-11,14,16,20,23,38H,8-9,12-13,17-18H2,1-7H3,(H,32,33,34);3-4H2,1-2H3. The first-order chi connectivity index (χ1) is 19.7. The lowest BCUT2D eigenvalue weighted by molar-refractivity contribution is -0.116. The Labute approximate surface area is 252 Å². The number of hydrogen-bond acceptors (Lipinski definition) is 7. The smallest absolute Gasteiger partial charge is 0.227 e. The van der Waals surface area contributed by atoms with E-state index in [4.69, 9.17) is 0 Å². The monoisotopic (exact) mass is 582 g/mol. The molecule has 3 unspecified atom stereocenters. The van der Waals surface area contributed by atoms with Crippen molar-refractivity contribution in [2.24, 2.45) is 11.8 Å². The van der Waals surface area contributed by atoms with Crippen LogP contribution in [0.3, 0.4) is 0 Å². The Morgan fingerprint density at radius 1 is 1.26 bits per heavy atom. The number of aryl methyl sites for hydroxylation is 1. The lowest BCUT2D eigenvalue weighted by Crippen LogP contribution is -2.53. The summed E-state index contributed by atoms with van der Waals surface area (Å²) in [4.78, 5) is 25.2. The lowest BCUT2D eigenvalue weighted by atomic mass is 9.75. The van der Waals surface area contributed by atoms with E-state index in [1.165, 1.54) is 26.0 Å². The topological polar surface area (TPSA) is 105 Å². The van der Waals surface area contributed by atoms with Crippen molar-refractivity contribution >= 4 is 29.0 Å². The van der Waals surface area contributed by atoms with Gasteiger partial charge in [-0.2, -0.15) is 10.2 Å². The summed E-state index contributed by atoms with van der Waals surface area (Å²) in [5, 5.41) is 23.1. The minimum atomic E-state index is -1.26. The molecule has 3 rings (SSSR count). The number of alkyl halides is 1. The molecule has 2 aromatic rings. The van der Waals surface area contributed by atoms with E-state index in [1.807, 2.05) is 36.9 Å². The van der Waals surface area contributed by atoms with Crippen molar-refractivity contribution in [3.63, 3.8) is 0 Å². The predicted octanol–water partition coefficient (Wildman–Crippen LogP) is 7.32. The van der Waals surface area contributed by atoms with Crippen LogP contribution in [0.5, 0.6) is 0 Å². The summed E-state index contributed by atoms with van der Waals surface area (Å²) >= 11 is 0. The van der Waals surface area contributed by atoms with Crippen LogP contribution in [0.1, 0.15) is 98.6 Å². The largest absolute Gasteiger partial charge is 0.390 e. The van der Waals surface area contributed by atoms with Crippen LogP contribution in [0, 0.1) is 30.1 Å². The number of carbonyl (C=O) groups excluding carboxylic acids is 1. The third kappa shape index (κ3) is 9.38. The number of carbonyl (C=O) groups is 1. The van der Waals surface area contributed by atoms with Crippen molar-refractivity contribution in [2.75, 3.05) is 34.8 Å². The van der Waals surface area contributed by atoms with Gasteiger partial charge in [-0.1, -0.05) is 53.0 Å². The molecule has 2 heterocycles. The summed E-state index contributed by atoms with van der Waals surface area (Å²) in [7, 11) is 0. The molecule has 0 radical (unpaired) electrons. The van der Waals surface area contributed by atoms with Gasteiger partial charge in [-0.15, -0.1) is 0 Å². The van der Waals surface area contributed by atoms with E-state index in [0.29, 0.717) is 49.2 Å². The van der Waals surface area contributed by atoms with E-state index in [9.17, 15) is 15.2 Å². The Kier molecular flexibility index (Phi) is 12.7. The highest BCUT2D eigenvalue weighted by molar-refractivity contribution is 5.93. The molecule has 1 amide bonds. The molecular formula is C33H51FN6O2. The Bertz CT molecular complexity index is 1220. The molecule has 0 spiro atoms. The van der Waals surface area contributed by atoms with Gasteiger partial charge < -0.3 is 20.2 Å². The number of benzene rings is 1. The molecule has 0 bridgehead atoms. The van der Waals surface area contributed by atoms with Gasteiger partial charge in [0, 0.05) is 49.8 Å². The van der Waals surface area contributed by atoms with E-state index in [1.54, 1.807) is 25.7 Å². The molecule has 9 heteroatoms. The predicted molar refractivity (Wildman–Crippen MR) is 170 cm³/mol. The second kappa shape index (κ2) is 15.3. The molecule has 3 atom stereocenters. The number of nitriles is 1. The number of aliphatic hydroxyl groups is 1. The molecule has 1 fully saturated rings. The number of piperidine rings is 1. The fourth-order valence-corrected chi connectivity index (χ4v) is 4.97. The number of nitrogens with zero attached hydrogens (tertiary/aromatic N) is 5. The molecule has 1 aromatic carbocycles. The number of aromatic nitrogens is 2. The highest BCUT2D eigenvalue weighted by atomic mass is 19.1. The van der Waals surface area contributed by atoms with Crippen LogP contribution >= 0.6 is 0 Å². The number of amides is 1. The summed E-state index contributed by atoms with van der Waals surface area (Å²) in [6, 6.07) is 7.75. The molecule has 2 N–H and O–H groups in total. The first-order valence-electron chi connectivity index (χ1n) is 15.3. The van der Waals surface area contributed by atoms with Crippen molar-refractivity contribution in [1.29, 1.82) is 5.26 Å². The third-order valence-electron chi connectivity index (χ3n) is 8.10. The summed E-state index contributed by atoms with van der Waals surface area (Å²) < 4.78 is 15.4. The fraction of sp³-hybridized carbons (Fsp3) is 0.636. The van der Waals surface area contributed by atoms with Gasteiger partial charge >= 0.3 is 0 Å². The van der Waals surface area contributed by atoms with Gasteiger partial charge in [0.2, 0.25) is 11.9 Å². The minimum absolute atomic E-state index is 0.128. The number of hydrogen-bond donors (Lipinski definition) is 2. The highest BCUT2D eigenvalue weighted by Gasteiger charge is 2.45. The number of rotatable bonds is 10. The van der Waals surface area contributed by atoms with Gasteiger partial charge in [0.1, 0.15) is 17.3 Å². The Morgan fingerprint density at radius 2 is 1.93 bits per heavy atom.